The first kappa shape index (κ1) is 13.9. The van der Waals surface area contributed by atoms with Gasteiger partial charge < -0.3 is 14.9 Å². The average Bonchev–Trinajstić information content (AvgIpc) is 2.27. The molecule has 0 saturated carbocycles. The van der Waals surface area contributed by atoms with Gasteiger partial charge in [0.25, 0.3) is 0 Å². The third kappa shape index (κ3) is 4.01. The van der Waals surface area contributed by atoms with Crippen LogP contribution >= 0.6 is 0 Å². The van der Waals surface area contributed by atoms with Gasteiger partial charge in [-0.3, -0.25) is 4.90 Å². The molecule has 2 N–H and O–H groups in total. The van der Waals surface area contributed by atoms with Gasteiger partial charge in [0, 0.05) is 19.2 Å². The Morgan fingerprint density at radius 1 is 1.50 bits per heavy atom. The van der Waals surface area contributed by atoms with Gasteiger partial charge in [0.05, 0.1) is 19.3 Å². The maximum atomic E-state index is 9.78. The highest BCUT2D eigenvalue weighted by Crippen LogP contribution is 2.22. The molecule has 0 bridgehead atoms. The van der Waals surface area contributed by atoms with Crippen molar-refractivity contribution in [2.24, 2.45) is 5.92 Å². The fourth-order valence-electron chi connectivity index (χ4n) is 2.43. The van der Waals surface area contributed by atoms with Crippen LogP contribution in [0.4, 0.5) is 0 Å². The molecule has 0 amide bonds. The predicted molar refractivity (Wildman–Crippen MR) is 63.3 cm³/mol. The van der Waals surface area contributed by atoms with Gasteiger partial charge in [0.15, 0.2) is 0 Å². The Balaban J connectivity index is 2.38. The van der Waals surface area contributed by atoms with Gasteiger partial charge in [-0.1, -0.05) is 6.92 Å². The van der Waals surface area contributed by atoms with Gasteiger partial charge in [0.2, 0.25) is 0 Å². The fourth-order valence-corrected chi connectivity index (χ4v) is 2.43. The summed E-state index contributed by atoms with van der Waals surface area (Å²) in [6.07, 6.45) is 1.88. The summed E-state index contributed by atoms with van der Waals surface area (Å²) in [4.78, 5) is 2.19. The van der Waals surface area contributed by atoms with E-state index in [0.29, 0.717) is 25.7 Å². The summed E-state index contributed by atoms with van der Waals surface area (Å²) in [5.74, 6) is 0.512. The van der Waals surface area contributed by atoms with Gasteiger partial charge in [-0.05, 0) is 32.2 Å². The molecule has 0 aromatic heterocycles. The second-order valence-electron chi connectivity index (χ2n) is 4.68. The Hall–Kier alpha value is -0.160. The van der Waals surface area contributed by atoms with Crippen LogP contribution < -0.4 is 0 Å². The third-order valence-corrected chi connectivity index (χ3v) is 3.38. The number of aliphatic hydroxyl groups is 2. The minimum atomic E-state index is -0.445. The van der Waals surface area contributed by atoms with Crippen molar-refractivity contribution in [3.8, 4) is 0 Å². The molecular formula is C12H25NO3. The number of ether oxygens (including phenoxy) is 1. The highest BCUT2D eigenvalue weighted by atomic mass is 16.5. The Kier molecular flexibility index (Phi) is 6.28. The van der Waals surface area contributed by atoms with Gasteiger partial charge in [-0.2, -0.15) is 0 Å². The van der Waals surface area contributed by atoms with Crippen molar-refractivity contribution in [3.63, 3.8) is 0 Å². The average molecular weight is 231 g/mol. The quantitative estimate of drug-likeness (QED) is 0.698. The summed E-state index contributed by atoms with van der Waals surface area (Å²) < 4.78 is 5.19. The Morgan fingerprint density at radius 2 is 2.25 bits per heavy atom. The summed E-state index contributed by atoms with van der Waals surface area (Å²) >= 11 is 0. The smallest absolute Gasteiger partial charge is 0.0900 e. The first-order valence-corrected chi connectivity index (χ1v) is 6.29. The van der Waals surface area contributed by atoms with E-state index in [1.54, 1.807) is 0 Å². The van der Waals surface area contributed by atoms with E-state index in [0.717, 1.165) is 13.0 Å². The maximum Gasteiger partial charge on any atom is 0.0900 e. The number of nitrogens with zero attached hydrogens (tertiary/aromatic N) is 1. The topological polar surface area (TPSA) is 52.9 Å². The van der Waals surface area contributed by atoms with E-state index >= 15 is 0 Å². The van der Waals surface area contributed by atoms with E-state index in [1.165, 1.54) is 6.42 Å². The lowest BCUT2D eigenvalue weighted by atomic mass is 9.91. The fraction of sp³-hybridized carbons (Fsp3) is 1.00. The number of hydrogen-bond acceptors (Lipinski definition) is 4. The summed E-state index contributed by atoms with van der Waals surface area (Å²) in [5.41, 5.74) is 0. The lowest BCUT2D eigenvalue weighted by Crippen LogP contribution is -2.50. The molecule has 1 heterocycles. The lowest BCUT2D eigenvalue weighted by molar-refractivity contribution is -0.0155. The highest BCUT2D eigenvalue weighted by molar-refractivity contribution is 4.82. The molecule has 1 aliphatic heterocycles. The number of hydrogen-bond donors (Lipinski definition) is 2. The monoisotopic (exact) mass is 231 g/mol. The molecule has 0 aliphatic carbocycles. The van der Waals surface area contributed by atoms with Gasteiger partial charge >= 0.3 is 0 Å². The molecule has 0 aromatic carbocycles. The van der Waals surface area contributed by atoms with Crippen LogP contribution in [0.5, 0.6) is 0 Å². The van der Waals surface area contributed by atoms with Crippen molar-refractivity contribution in [2.45, 2.75) is 38.8 Å². The molecule has 3 atom stereocenters. The SMILES string of the molecule is CCOC[C@H](O)CN1CCC[C@H](C)[C@H]1CO. The van der Waals surface area contributed by atoms with Gasteiger partial charge in [0.1, 0.15) is 0 Å². The molecular weight excluding hydrogens is 206 g/mol. The maximum absolute atomic E-state index is 9.78. The molecule has 0 aromatic rings. The number of likely N-dealkylation sites (tertiary alicyclic amines) is 1. The lowest BCUT2D eigenvalue weighted by Gasteiger charge is -2.39. The van der Waals surface area contributed by atoms with Crippen LogP contribution in [0.3, 0.4) is 0 Å². The second-order valence-corrected chi connectivity index (χ2v) is 4.68. The van der Waals surface area contributed by atoms with Crippen molar-refractivity contribution in [1.29, 1.82) is 0 Å². The van der Waals surface area contributed by atoms with E-state index in [2.05, 4.69) is 11.8 Å². The second kappa shape index (κ2) is 7.22. The van der Waals surface area contributed by atoms with E-state index < -0.39 is 6.10 Å². The molecule has 0 radical (unpaired) electrons. The zero-order chi connectivity index (χ0) is 12.0. The van der Waals surface area contributed by atoms with Crippen LogP contribution in [-0.4, -0.2) is 60.2 Å². The van der Waals surface area contributed by atoms with Crippen molar-refractivity contribution < 1.29 is 14.9 Å². The molecule has 96 valence electrons. The van der Waals surface area contributed by atoms with Crippen LogP contribution in [0.2, 0.25) is 0 Å². The molecule has 0 unspecified atom stereocenters. The Morgan fingerprint density at radius 3 is 2.88 bits per heavy atom. The number of rotatable bonds is 6. The van der Waals surface area contributed by atoms with Crippen molar-refractivity contribution in [3.05, 3.63) is 0 Å². The first-order chi connectivity index (χ1) is 7.69. The number of β-amino-alcohol motifs (C(OH)–C–C–N with tert-alkyl or cyclic N) is 1. The minimum Gasteiger partial charge on any atom is -0.395 e. The number of piperidine rings is 1. The van der Waals surface area contributed by atoms with Crippen LogP contribution in [-0.2, 0) is 4.74 Å². The number of aliphatic hydroxyl groups excluding tert-OH is 2. The van der Waals surface area contributed by atoms with E-state index in [4.69, 9.17) is 4.74 Å². The van der Waals surface area contributed by atoms with E-state index in [1.807, 2.05) is 6.92 Å². The van der Waals surface area contributed by atoms with Crippen LogP contribution in [0.25, 0.3) is 0 Å². The molecule has 4 heteroatoms. The van der Waals surface area contributed by atoms with Crippen LogP contribution in [0, 0.1) is 5.92 Å². The van der Waals surface area contributed by atoms with E-state index in [-0.39, 0.29) is 12.6 Å². The normalized spacial score (nSPS) is 29.2. The molecule has 1 rings (SSSR count). The standard InChI is InChI=1S/C12H25NO3/c1-3-16-9-11(15)7-13-6-4-5-10(2)12(13)8-14/h10-12,14-15H,3-9H2,1-2H3/t10-,11+,12+/m0/s1. The Labute approximate surface area is 98.2 Å². The van der Waals surface area contributed by atoms with Gasteiger partial charge in [-0.15, -0.1) is 0 Å². The molecule has 4 nitrogen and oxygen atoms in total. The minimum absolute atomic E-state index is 0.183. The summed E-state index contributed by atoms with van der Waals surface area (Å²) in [6.45, 7) is 6.88. The predicted octanol–water partition coefficient (Wildman–Crippen LogP) is 0.477. The van der Waals surface area contributed by atoms with Crippen LogP contribution in [0.15, 0.2) is 0 Å². The largest absolute Gasteiger partial charge is 0.395 e. The molecule has 16 heavy (non-hydrogen) atoms. The molecule has 1 fully saturated rings. The van der Waals surface area contributed by atoms with Crippen molar-refractivity contribution >= 4 is 0 Å². The van der Waals surface area contributed by atoms with Crippen LogP contribution in [0.1, 0.15) is 26.7 Å². The Bertz CT molecular complexity index is 189. The first-order valence-electron chi connectivity index (χ1n) is 6.29. The zero-order valence-electron chi connectivity index (χ0n) is 10.4. The summed E-state index contributed by atoms with van der Waals surface area (Å²) in [6, 6.07) is 0.199. The summed E-state index contributed by atoms with van der Waals surface area (Å²) in [7, 11) is 0. The van der Waals surface area contributed by atoms with Gasteiger partial charge in [-0.25, -0.2) is 0 Å². The third-order valence-electron chi connectivity index (χ3n) is 3.38. The molecule has 1 saturated heterocycles. The van der Waals surface area contributed by atoms with Crippen molar-refractivity contribution in [1.82, 2.24) is 4.90 Å². The molecule has 1 aliphatic rings. The van der Waals surface area contributed by atoms with Crippen molar-refractivity contribution in [2.75, 3.05) is 32.9 Å². The summed E-state index contributed by atoms with van der Waals surface area (Å²) in [5, 5.41) is 19.2. The van der Waals surface area contributed by atoms with E-state index in [9.17, 15) is 10.2 Å². The zero-order valence-corrected chi connectivity index (χ0v) is 10.4. The molecule has 0 spiro atoms. The highest BCUT2D eigenvalue weighted by Gasteiger charge is 2.28.